The molecule has 1 aromatic rings. The quantitative estimate of drug-likeness (QED) is 0.763. The van der Waals surface area contributed by atoms with Crippen LogP contribution in [-0.2, 0) is 12.8 Å². The maximum atomic E-state index is 11.3. The Morgan fingerprint density at radius 3 is 2.67 bits per heavy atom. The summed E-state index contributed by atoms with van der Waals surface area (Å²) in [6, 6.07) is 0.502. The molecule has 2 rings (SSSR count). The molecule has 1 aromatic heterocycles. The molecule has 1 aliphatic rings. The molecule has 2 atom stereocenters. The fourth-order valence-electron chi connectivity index (χ4n) is 3.21. The molecule has 0 N–H and O–H groups in total. The van der Waals surface area contributed by atoms with E-state index in [9.17, 15) is 4.79 Å². The number of carbonyl (C=O) groups excluding carboxylic acids is 1. The van der Waals surface area contributed by atoms with E-state index in [0.29, 0.717) is 6.04 Å². The summed E-state index contributed by atoms with van der Waals surface area (Å²) in [5.74, 6) is 0.780. The molecule has 2 unspecified atom stereocenters. The molecule has 1 heterocycles. The molecule has 1 fully saturated rings. The molecule has 0 radical (unpaired) electrons. The number of hydrogen-bond donors (Lipinski definition) is 0. The first-order chi connectivity index (χ1) is 8.71. The van der Waals surface area contributed by atoms with Gasteiger partial charge in [0.2, 0.25) is 0 Å². The Bertz CT molecular complexity index is 422. The van der Waals surface area contributed by atoms with Gasteiger partial charge in [-0.05, 0) is 31.6 Å². The minimum Gasteiger partial charge on any atom is -0.298 e. The Balaban J connectivity index is 2.36. The number of aromatic nitrogens is 2. The van der Waals surface area contributed by atoms with Crippen LogP contribution in [0.25, 0.3) is 0 Å². The van der Waals surface area contributed by atoms with Gasteiger partial charge in [0.1, 0.15) is 0 Å². The summed E-state index contributed by atoms with van der Waals surface area (Å²) in [6.45, 7) is 6.51. The molecule has 0 bridgehead atoms. The average molecular weight is 248 g/mol. The number of carbonyl (C=O) groups is 1. The molecular formula is C15H24N2O. The van der Waals surface area contributed by atoms with E-state index in [1.54, 1.807) is 0 Å². The first kappa shape index (κ1) is 13.3. The van der Waals surface area contributed by atoms with Gasteiger partial charge in [0.15, 0.2) is 6.29 Å². The molecule has 1 saturated carbocycles. The summed E-state index contributed by atoms with van der Waals surface area (Å²) in [6.07, 6.45) is 7.76. The lowest BCUT2D eigenvalue weighted by molar-refractivity contribution is 0.112. The smallest absolute Gasteiger partial charge is 0.153 e. The van der Waals surface area contributed by atoms with Crippen molar-refractivity contribution in [1.29, 1.82) is 0 Å². The minimum absolute atomic E-state index is 0.502. The van der Waals surface area contributed by atoms with Crippen molar-refractivity contribution in [2.45, 2.75) is 65.3 Å². The number of aryl methyl sites for hydroxylation is 1. The molecule has 1 aliphatic carbocycles. The molecule has 0 spiro atoms. The van der Waals surface area contributed by atoms with E-state index < -0.39 is 0 Å². The van der Waals surface area contributed by atoms with Crippen molar-refractivity contribution in [3.05, 3.63) is 17.0 Å². The van der Waals surface area contributed by atoms with Crippen LogP contribution in [0.5, 0.6) is 0 Å². The molecule has 0 aliphatic heterocycles. The second kappa shape index (κ2) is 5.68. The highest BCUT2D eigenvalue weighted by Crippen LogP contribution is 2.33. The Morgan fingerprint density at radius 2 is 2.11 bits per heavy atom. The number of hydrogen-bond acceptors (Lipinski definition) is 2. The van der Waals surface area contributed by atoms with Crippen LogP contribution in [0.4, 0.5) is 0 Å². The zero-order valence-corrected chi connectivity index (χ0v) is 11.8. The van der Waals surface area contributed by atoms with E-state index in [4.69, 9.17) is 5.10 Å². The third-order valence-corrected chi connectivity index (χ3v) is 4.17. The monoisotopic (exact) mass is 248 g/mol. The second-order valence-corrected chi connectivity index (χ2v) is 5.50. The van der Waals surface area contributed by atoms with Crippen LogP contribution < -0.4 is 0 Å². The van der Waals surface area contributed by atoms with Crippen LogP contribution in [0, 0.1) is 5.92 Å². The topological polar surface area (TPSA) is 34.9 Å². The van der Waals surface area contributed by atoms with Crippen molar-refractivity contribution in [1.82, 2.24) is 9.78 Å². The Hall–Kier alpha value is -1.12. The lowest BCUT2D eigenvalue weighted by Gasteiger charge is -2.28. The first-order valence-corrected chi connectivity index (χ1v) is 7.26. The van der Waals surface area contributed by atoms with Gasteiger partial charge in [-0.3, -0.25) is 9.48 Å². The summed E-state index contributed by atoms with van der Waals surface area (Å²) < 4.78 is 2.16. The number of rotatable bonds is 4. The summed E-state index contributed by atoms with van der Waals surface area (Å²) in [5.41, 5.74) is 2.96. The fraction of sp³-hybridized carbons (Fsp3) is 0.733. The van der Waals surface area contributed by atoms with Gasteiger partial charge in [0.05, 0.1) is 17.3 Å². The summed E-state index contributed by atoms with van der Waals surface area (Å²) >= 11 is 0. The molecule has 0 saturated heterocycles. The Labute approximate surface area is 110 Å². The van der Waals surface area contributed by atoms with Crippen LogP contribution in [0.2, 0.25) is 0 Å². The van der Waals surface area contributed by atoms with Gasteiger partial charge in [-0.1, -0.05) is 33.6 Å². The Morgan fingerprint density at radius 1 is 1.33 bits per heavy atom. The van der Waals surface area contributed by atoms with Crippen LogP contribution >= 0.6 is 0 Å². The van der Waals surface area contributed by atoms with Gasteiger partial charge < -0.3 is 0 Å². The molecule has 0 aromatic carbocycles. The standard InChI is InChI=1S/C15H24N2O/c1-4-14-13(10-18)15(5-2)17(16-14)12-8-6-7-11(3)9-12/h10-12H,4-9H2,1-3H3. The van der Waals surface area contributed by atoms with Gasteiger partial charge in [-0.25, -0.2) is 0 Å². The van der Waals surface area contributed by atoms with Crippen molar-refractivity contribution in [2.24, 2.45) is 5.92 Å². The molecule has 100 valence electrons. The van der Waals surface area contributed by atoms with Crippen molar-refractivity contribution in [2.75, 3.05) is 0 Å². The third kappa shape index (κ3) is 2.36. The minimum atomic E-state index is 0.502. The Kier molecular flexibility index (Phi) is 4.20. The first-order valence-electron chi connectivity index (χ1n) is 7.26. The van der Waals surface area contributed by atoms with Crippen molar-refractivity contribution >= 4 is 6.29 Å². The van der Waals surface area contributed by atoms with E-state index in [2.05, 4.69) is 25.5 Å². The fourth-order valence-corrected chi connectivity index (χ4v) is 3.21. The molecule has 18 heavy (non-hydrogen) atoms. The highest BCUT2D eigenvalue weighted by molar-refractivity contribution is 5.78. The zero-order chi connectivity index (χ0) is 13.1. The molecule has 3 nitrogen and oxygen atoms in total. The van der Waals surface area contributed by atoms with Gasteiger partial charge in [0, 0.05) is 5.69 Å². The number of nitrogens with zero attached hydrogens (tertiary/aromatic N) is 2. The third-order valence-electron chi connectivity index (χ3n) is 4.17. The van der Waals surface area contributed by atoms with Crippen molar-refractivity contribution in [3.63, 3.8) is 0 Å². The second-order valence-electron chi connectivity index (χ2n) is 5.50. The molecular weight excluding hydrogens is 224 g/mol. The van der Waals surface area contributed by atoms with Gasteiger partial charge >= 0.3 is 0 Å². The lowest BCUT2D eigenvalue weighted by Crippen LogP contribution is -2.20. The van der Waals surface area contributed by atoms with E-state index in [-0.39, 0.29) is 0 Å². The van der Waals surface area contributed by atoms with E-state index in [1.165, 1.54) is 25.7 Å². The van der Waals surface area contributed by atoms with E-state index >= 15 is 0 Å². The van der Waals surface area contributed by atoms with E-state index in [1.807, 2.05) is 0 Å². The zero-order valence-electron chi connectivity index (χ0n) is 11.8. The van der Waals surface area contributed by atoms with Gasteiger partial charge in [-0.15, -0.1) is 0 Å². The summed E-state index contributed by atoms with van der Waals surface area (Å²) in [5, 5.41) is 4.71. The maximum absolute atomic E-state index is 11.3. The van der Waals surface area contributed by atoms with Crippen LogP contribution in [0.1, 0.15) is 74.2 Å². The number of aldehydes is 1. The maximum Gasteiger partial charge on any atom is 0.153 e. The largest absolute Gasteiger partial charge is 0.298 e. The van der Waals surface area contributed by atoms with Crippen LogP contribution in [0.3, 0.4) is 0 Å². The normalized spacial score (nSPS) is 24.2. The summed E-state index contributed by atoms with van der Waals surface area (Å²) in [7, 11) is 0. The van der Waals surface area contributed by atoms with E-state index in [0.717, 1.165) is 42.0 Å². The predicted molar refractivity (Wildman–Crippen MR) is 73.0 cm³/mol. The average Bonchev–Trinajstić information content (AvgIpc) is 2.76. The van der Waals surface area contributed by atoms with Crippen molar-refractivity contribution < 1.29 is 4.79 Å². The van der Waals surface area contributed by atoms with Crippen molar-refractivity contribution in [3.8, 4) is 0 Å². The highest BCUT2D eigenvalue weighted by atomic mass is 16.1. The SMILES string of the molecule is CCc1nn(C2CCCC(C)C2)c(CC)c1C=O. The highest BCUT2D eigenvalue weighted by Gasteiger charge is 2.25. The van der Waals surface area contributed by atoms with Crippen LogP contribution in [-0.4, -0.2) is 16.1 Å². The van der Waals surface area contributed by atoms with Gasteiger partial charge in [-0.2, -0.15) is 5.10 Å². The molecule has 0 amide bonds. The van der Waals surface area contributed by atoms with Gasteiger partial charge in [0.25, 0.3) is 0 Å². The lowest BCUT2D eigenvalue weighted by atomic mass is 9.87. The summed E-state index contributed by atoms with van der Waals surface area (Å²) in [4.78, 5) is 11.3. The molecule has 3 heteroatoms. The van der Waals surface area contributed by atoms with Crippen LogP contribution in [0.15, 0.2) is 0 Å². The predicted octanol–water partition coefficient (Wildman–Crippen LogP) is 3.57.